The maximum absolute atomic E-state index is 10.9. The molecule has 0 aromatic carbocycles. The molecule has 0 spiro atoms. The second-order valence-electron chi connectivity index (χ2n) is 3.77. The van der Waals surface area contributed by atoms with E-state index < -0.39 is 6.09 Å². The number of rotatable bonds is 4. The van der Waals surface area contributed by atoms with Crippen molar-refractivity contribution < 1.29 is 9.53 Å². The number of nitrogens with two attached hydrogens (primary N) is 1. The molecule has 92 valence electrons. The third-order valence-electron chi connectivity index (χ3n) is 2.51. The van der Waals surface area contributed by atoms with Crippen LogP contribution in [0.4, 0.5) is 4.79 Å². The summed E-state index contributed by atoms with van der Waals surface area (Å²) in [4.78, 5) is 10.9. The number of hydrogen-bond donors (Lipinski definition) is 2. The van der Waals surface area contributed by atoms with Crippen LogP contribution in [0.1, 0.15) is 19.8 Å². The van der Waals surface area contributed by atoms with E-state index in [0.29, 0.717) is 19.1 Å². The first-order chi connectivity index (χ1) is 7.76. The Morgan fingerprint density at radius 2 is 2.56 bits per heavy atom. The first kappa shape index (κ1) is 12.8. The van der Waals surface area contributed by atoms with E-state index >= 15 is 0 Å². The molecule has 0 radical (unpaired) electrons. The van der Waals surface area contributed by atoms with E-state index in [1.807, 2.05) is 5.01 Å². The smallest absolute Gasteiger partial charge is 0.412 e. The lowest BCUT2D eigenvalue weighted by Crippen LogP contribution is -2.36. The molecular weight excluding hydrogens is 208 g/mol. The van der Waals surface area contributed by atoms with Crippen molar-refractivity contribution in [3.8, 4) is 0 Å². The van der Waals surface area contributed by atoms with Crippen molar-refractivity contribution in [1.82, 2.24) is 10.3 Å². The van der Waals surface area contributed by atoms with Gasteiger partial charge in [-0.25, -0.2) is 4.79 Å². The SMILES string of the molecule is CCOC(=O)NC=NN1CCC[C@@H](CN)C1. The Labute approximate surface area is 95.8 Å². The lowest BCUT2D eigenvalue weighted by Gasteiger charge is -2.29. The average molecular weight is 228 g/mol. The summed E-state index contributed by atoms with van der Waals surface area (Å²) in [6, 6.07) is 0. The van der Waals surface area contributed by atoms with E-state index in [2.05, 4.69) is 10.4 Å². The number of nitrogens with zero attached hydrogens (tertiary/aromatic N) is 2. The molecule has 1 fully saturated rings. The number of hydrogen-bond acceptors (Lipinski definition) is 5. The van der Waals surface area contributed by atoms with Gasteiger partial charge in [0.15, 0.2) is 0 Å². The number of nitrogens with one attached hydrogen (secondary N) is 1. The van der Waals surface area contributed by atoms with E-state index in [4.69, 9.17) is 10.5 Å². The van der Waals surface area contributed by atoms with Crippen LogP contribution in [0.5, 0.6) is 0 Å². The summed E-state index contributed by atoms with van der Waals surface area (Å²) in [5, 5.41) is 8.51. The monoisotopic (exact) mass is 228 g/mol. The maximum Gasteiger partial charge on any atom is 0.412 e. The second kappa shape index (κ2) is 7.05. The van der Waals surface area contributed by atoms with Crippen molar-refractivity contribution in [2.75, 3.05) is 26.2 Å². The van der Waals surface area contributed by atoms with Crippen molar-refractivity contribution in [2.24, 2.45) is 16.8 Å². The normalized spacial score (nSPS) is 21.1. The molecule has 0 bridgehead atoms. The summed E-state index contributed by atoms with van der Waals surface area (Å²) in [5.74, 6) is 0.508. The first-order valence-electron chi connectivity index (χ1n) is 5.67. The zero-order valence-electron chi connectivity index (χ0n) is 9.69. The molecule has 1 aliphatic heterocycles. The fraction of sp³-hybridized carbons (Fsp3) is 0.800. The lowest BCUT2D eigenvalue weighted by molar-refractivity contribution is 0.157. The Morgan fingerprint density at radius 3 is 3.25 bits per heavy atom. The quantitative estimate of drug-likeness (QED) is 0.537. The summed E-state index contributed by atoms with van der Waals surface area (Å²) in [6.45, 7) is 4.58. The van der Waals surface area contributed by atoms with Crippen LogP contribution in [0, 0.1) is 5.92 Å². The molecule has 1 heterocycles. The van der Waals surface area contributed by atoms with Crippen LogP contribution in [0.25, 0.3) is 0 Å². The van der Waals surface area contributed by atoms with Crippen molar-refractivity contribution in [3.63, 3.8) is 0 Å². The van der Waals surface area contributed by atoms with E-state index in [9.17, 15) is 4.79 Å². The molecule has 16 heavy (non-hydrogen) atoms. The van der Waals surface area contributed by atoms with Gasteiger partial charge in [-0.15, -0.1) is 0 Å². The highest BCUT2D eigenvalue weighted by Gasteiger charge is 2.16. The number of carbonyl (C=O) groups is 1. The van der Waals surface area contributed by atoms with Crippen LogP contribution in [0.2, 0.25) is 0 Å². The lowest BCUT2D eigenvalue weighted by atomic mass is 10.00. The van der Waals surface area contributed by atoms with Gasteiger partial charge in [-0.05, 0) is 32.2 Å². The Balaban J connectivity index is 2.25. The Bertz CT molecular complexity index is 245. The summed E-state index contributed by atoms with van der Waals surface area (Å²) < 4.78 is 4.69. The minimum absolute atomic E-state index is 0.360. The number of hydrazone groups is 1. The van der Waals surface area contributed by atoms with E-state index in [1.165, 1.54) is 6.34 Å². The number of piperidine rings is 1. The van der Waals surface area contributed by atoms with Crippen molar-refractivity contribution in [2.45, 2.75) is 19.8 Å². The molecule has 1 rings (SSSR count). The standard InChI is InChI=1S/C10H20N4O2/c1-2-16-10(15)12-8-13-14-5-3-4-9(6-11)7-14/h8-9H,2-7,11H2,1H3,(H,12,13,15)/t9-/m0/s1. The van der Waals surface area contributed by atoms with Gasteiger partial charge in [0.05, 0.1) is 6.61 Å². The zero-order chi connectivity index (χ0) is 11.8. The van der Waals surface area contributed by atoms with Crippen LogP contribution in [-0.2, 0) is 4.74 Å². The molecule has 0 aromatic rings. The number of alkyl carbamates (subject to hydrolysis) is 1. The largest absolute Gasteiger partial charge is 0.450 e. The van der Waals surface area contributed by atoms with Gasteiger partial charge in [0.1, 0.15) is 6.34 Å². The molecule has 3 N–H and O–H groups in total. The van der Waals surface area contributed by atoms with Crippen LogP contribution in [-0.4, -0.2) is 43.7 Å². The van der Waals surface area contributed by atoms with Gasteiger partial charge in [-0.3, -0.25) is 10.3 Å². The van der Waals surface area contributed by atoms with Crippen LogP contribution in [0.15, 0.2) is 5.10 Å². The average Bonchev–Trinajstić information content (AvgIpc) is 2.30. The van der Waals surface area contributed by atoms with Crippen LogP contribution >= 0.6 is 0 Å². The Hall–Kier alpha value is -1.30. The van der Waals surface area contributed by atoms with Crippen molar-refractivity contribution in [3.05, 3.63) is 0 Å². The molecule has 0 saturated carbocycles. The van der Waals surface area contributed by atoms with E-state index in [0.717, 1.165) is 25.9 Å². The van der Waals surface area contributed by atoms with Crippen LogP contribution in [0.3, 0.4) is 0 Å². The van der Waals surface area contributed by atoms with E-state index in [-0.39, 0.29) is 0 Å². The van der Waals surface area contributed by atoms with Crippen molar-refractivity contribution in [1.29, 1.82) is 0 Å². The van der Waals surface area contributed by atoms with Crippen molar-refractivity contribution >= 4 is 12.4 Å². The number of amides is 1. The van der Waals surface area contributed by atoms with Gasteiger partial charge >= 0.3 is 6.09 Å². The van der Waals surface area contributed by atoms with Crippen LogP contribution < -0.4 is 11.1 Å². The fourth-order valence-corrected chi connectivity index (χ4v) is 1.68. The summed E-state index contributed by atoms with van der Waals surface area (Å²) in [6.07, 6.45) is 3.15. The van der Waals surface area contributed by atoms with Gasteiger partial charge in [0.25, 0.3) is 0 Å². The van der Waals surface area contributed by atoms with Gasteiger partial charge in [0.2, 0.25) is 0 Å². The highest BCUT2D eigenvalue weighted by atomic mass is 16.5. The molecule has 6 heteroatoms. The molecule has 1 amide bonds. The molecule has 1 atom stereocenters. The first-order valence-corrected chi connectivity index (χ1v) is 5.67. The fourth-order valence-electron chi connectivity index (χ4n) is 1.68. The second-order valence-corrected chi connectivity index (χ2v) is 3.77. The molecule has 6 nitrogen and oxygen atoms in total. The third-order valence-corrected chi connectivity index (χ3v) is 2.51. The Kier molecular flexibility index (Phi) is 5.63. The third kappa shape index (κ3) is 4.48. The summed E-state index contributed by atoms with van der Waals surface area (Å²) in [5.41, 5.74) is 5.61. The Morgan fingerprint density at radius 1 is 1.75 bits per heavy atom. The van der Waals surface area contributed by atoms with E-state index in [1.54, 1.807) is 6.92 Å². The van der Waals surface area contributed by atoms with Gasteiger partial charge in [-0.1, -0.05) is 0 Å². The molecule has 0 aliphatic carbocycles. The molecule has 0 unspecified atom stereocenters. The predicted octanol–water partition coefficient (Wildman–Crippen LogP) is 0.347. The summed E-state index contributed by atoms with van der Waals surface area (Å²) >= 11 is 0. The molecule has 0 aromatic heterocycles. The van der Waals surface area contributed by atoms with Gasteiger partial charge in [-0.2, -0.15) is 5.10 Å². The maximum atomic E-state index is 10.9. The molecule has 1 aliphatic rings. The molecule has 1 saturated heterocycles. The number of ether oxygens (including phenoxy) is 1. The number of carbonyl (C=O) groups excluding carboxylic acids is 1. The molecular formula is C10H20N4O2. The van der Waals surface area contributed by atoms with Gasteiger partial charge < -0.3 is 10.5 Å². The minimum atomic E-state index is -0.473. The topological polar surface area (TPSA) is 80.0 Å². The highest BCUT2D eigenvalue weighted by Crippen LogP contribution is 2.14. The summed E-state index contributed by atoms with van der Waals surface area (Å²) in [7, 11) is 0. The zero-order valence-corrected chi connectivity index (χ0v) is 9.69. The predicted molar refractivity (Wildman–Crippen MR) is 62.0 cm³/mol. The minimum Gasteiger partial charge on any atom is -0.450 e. The highest BCUT2D eigenvalue weighted by molar-refractivity contribution is 5.81. The van der Waals surface area contributed by atoms with Gasteiger partial charge in [0, 0.05) is 13.1 Å².